The van der Waals surface area contributed by atoms with Gasteiger partial charge in [0.2, 0.25) is 5.78 Å². The van der Waals surface area contributed by atoms with E-state index in [0.29, 0.717) is 19.0 Å². The lowest BCUT2D eigenvalue weighted by Gasteiger charge is -2.25. The normalized spacial score (nSPS) is 22.3. The van der Waals surface area contributed by atoms with Crippen LogP contribution in [0.4, 0.5) is 0 Å². The molecule has 1 aliphatic rings. The van der Waals surface area contributed by atoms with Crippen LogP contribution in [0.5, 0.6) is 0 Å². The number of Topliss-reactive ketones (excluding diaryl/α,β-unsaturated/α-hetero) is 1. The molecule has 0 N–H and O–H groups in total. The van der Waals surface area contributed by atoms with Crippen LogP contribution >= 0.6 is 0 Å². The molecule has 1 aliphatic carbocycles. The van der Waals surface area contributed by atoms with E-state index < -0.39 is 5.41 Å². The van der Waals surface area contributed by atoms with Gasteiger partial charge in [0.25, 0.3) is 0 Å². The highest BCUT2D eigenvalue weighted by atomic mass is 16.5. The fourth-order valence-corrected chi connectivity index (χ4v) is 2.45. The molecule has 0 saturated heterocycles. The molecule has 0 spiro atoms. The third-order valence-electron chi connectivity index (χ3n) is 3.51. The molecule has 102 valence electrons. The van der Waals surface area contributed by atoms with Crippen molar-refractivity contribution in [1.82, 2.24) is 0 Å². The van der Waals surface area contributed by atoms with Gasteiger partial charge in [-0.2, -0.15) is 0 Å². The van der Waals surface area contributed by atoms with Crippen LogP contribution in [0.3, 0.4) is 0 Å². The van der Waals surface area contributed by atoms with Crippen LogP contribution in [0, 0.1) is 11.3 Å². The second-order valence-electron chi connectivity index (χ2n) is 5.06. The maximum Gasteiger partial charge on any atom is 0.306 e. The molecule has 4 heteroatoms. The van der Waals surface area contributed by atoms with Crippen molar-refractivity contribution >= 4 is 11.8 Å². The van der Waals surface area contributed by atoms with Gasteiger partial charge in [-0.25, -0.2) is 0 Å². The van der Waals surface area contributed by atoms with E-state index in [1.165, 1.54) is 0 Å². The summed E-state index contributed by atoms with van der Waals surface area (Å²) in [6.45, 7) is 10.0. The summed E-state index contributed by atoms with van der Waals surface area (Å²) in [5.41, 5.74) is 0.265. The van der Waals surface area contributed by atoms with Gasteiger partial charge in [-0.15, -0.1) is 0 Å². The molecule has 0 aliphatic heterocycles. The molecule has 0 fully saturated rings. The predicted molar refractivity (Wildman–Crippen MR) is 67.9 cm³/mol. The van der Waals surface area contributed by atoms with Crippen LogP contribution in [0.25, 0.3) is 0 Å². The summed E-state index contributed by atoms with van der Waals surface area (Å²) in [7, 11) is 0. The van der Waals surface area contributed by atoms with Crippen molar-refractivity contribution in [1.29, 1.82) is 0 Å². The van der Waals surface area contributed by atoms with Crippen molar-refractivity contribution in [3.8, 4) is 0 Å². The van der Waals surface area contributed by atoms with Crippen molar-refractivity contribution in [2.45, 2.75) is 41.0 Å². The first-order valence-corrected chi connectivity index (χ1v) is 6.40. The Labute approximate surface area is 108 Å². The summed E-state index contributed by atoms with van der Waals surface area (Å²) in [4.78, 5) is 23.8. The summed E-state index contributed by atoms with van der Waals surface area (Å²) in [6, 6.07) is 0. The van der Waals surface area contributed by atoms with E-state index in [-0.39, 0.29) is 24.1 Å². The number of hydrogen-bond acceptors (Lipinski definition) is 4. The number of rotatable bonds is 5. The van der Waals surface area contributed by atoms with Crippen LogP contribution in [0.2, 0.25) is 0 Å². The molecule has 4 nitrogen and oxygen atoms in total. The topological polar surface area (TPSA) is 52.6 Å². The summed E-state index contributed by atoms with van der Waals surface area (Å²) in [5.74, 6) is 0.0130. The number of hydrogen-bond donors (Lipinski definition) is 0. The van der Waals surface area contributed by atoms with Gasteiger partial charge in [0, 0.05) is 11.3 Å². The van der Waals surface area contributed by atoms with Gasteiger partial charge >= 0.3 is 5.97 Å². The van der Waals surface area contributed by atoms with Crippen molar-refractivity contribution < 1.29 is 19.1 Å². The van der Waals surface area contributed by atoms with Crippen LogP contribution < -0.4 is 0 Å². The molecule has 0 aromatic carbocycles. The molecule has 1 atom stereocenters. The van der Waals surface area contributed by atoms with E-state index in [9.17, 15) is 9.59 Å². The quantitative estimate of drug-likeness (QED) is 0.707. The van der Waals surface area contributed by atoms with Gasteiger partial charge in [-0.1, -0.05) is 13.8 Å². The molecule has 0 radical (unpaired) electrons. The Kier molecular flexibility index (Phi) is 4.54. The summed E-state index contributed by atoms with van der Waals surface area (Å²) in [6.07, 6.45) is 0.231. The smallest absolute Gasteiger partial charge is 0.306 e. The fraction of sp³-hybridized carbons (Fsp3) is 0.714. The fourth-order valence-electron chi connectivity index (χ4n) is 2.45. The highest BCUT2D eigenvalue weighted by Gasteiger charge is 2.48. The van der Waals surface area contributed by atoms with E-state index in [0.717, 1.165) is 5.57 Å². The molecule has 0 aromatic heterocycles. The van der Waals surface area contributed by atoms with Gasteiger partial charge in [0.05, 0.1) is 19.6 Å². The first-order valence-electron chi connectivity index (χ1n) is 6.40. The lowest BCUT2D eigenvalue weighted by atomic mass is 9.76. The zero-order chi connectivity index (χ0) is 13.9. The molecular weight excluding hydrogens is 232 g/mol. The lowest BCUT2D eigenvalue weighted by molar-refractivity contribution is -0.145. The standard InChI is InChI=1S/C14H22O4/c1-6-17-11(15)8-10-9(3)12(18-7-2)13(16)14(10,4)5/h10H,6-8H2,1-5H3. The highest BCUT2D eigenvalue weighted by molar-refractivity contribution is 6.02. The average Bonchev–Trinajstić information content (AvgIpc) is 2.44. The summed E-state index contributed by atoms with van der Waals surface area (Å²) in [5, 5.41) is 0. The largest absolute Gasteiger partial charge is 0.490 e. The van der Waals surface area contributed by atoms with Crippen molar-refractivity contribution in [3.63, 3.8) is 0 Å². The number of allylic oxidation sites excluding steroid dienone is 2. The van der Waals surface area contributed by atoms with E-state index in [1.807, 2.05) is 27.7 Å². The third kappa shape index (κ3) is 2.57. The zero-order valence-electron chi connectivity index (χ0n) is 11.8. The molecule has 18 heavy (non-hydrogen) atoms. The molecule has 0 saturated carbocycles. The summed E-state index contributed by atoms with van der Waals surface area (Å²) >= 11 is 0. The third-order valence-corrected chi connectivity index (χ3v) is 3.51. The Balaban J connectivity index is 2.95. The molecule has 1 unspecified atom stereocenters. The molecular formula is C14H22O4. The highest BCUT2D eigenvalue weighted by Crippen LogP contribution is 2.45. The van der Waals surface area contributed by atoms with Crippen molar-refractivity contribution in [2.75, 3.05) is 13.2 Å². The van der Waals surface area contributed by atoms with Crippen LogP contribution in [-0.4, -0.2) is 25.0 Å². The number of ketones is 1. The molecule has 0 amide bonds. The first-order chi connectivity index (χ1) is 8.36. The number of ether oxygens (including phenoxy) is 2. The Hall–Kier alpha value is -1.32. The maximum absolute atomic E-state index is 12.2. The van der Waals surface area contributed by atoms with Gasteiger partial charge in [-0.3, -0.25) is 9.59 Å². The molecule has 1 rings (SSSR count). The Morgan fingerprint density at radius 2 is 1.89 bits per heavy atom. The van der Waals surface area contributed by atoms with Crippen LogP contribution in [0.15, 0.2) is 11.3 Å². The van der Waals surface area contributed by atoms with Gasteiger partial charge in [0.1, 0.15) is 0 Å². The summed E-state index contributed by atoms with van der Waals surface area (Å²) < 4.78 is 10.4. The Morgan fingerprint density at radius 3 is 2.39 bits per heavy atom. The Bertz CT molecular complexity index is 379. The van der Waals surface area contributed by atoms with E-state index >= 15 is 0 Å². The average molecular weight is 254 g/mol. The van der Waals surface area contributed by atoms with E-state index in [1.54, 1.807) is 6.92 Å². The minimum absolute atomic E-state index is 0.0175. The van der Waals surface area contributed by atoms with E-state index in [4.69, 9.17) is 9.47 Å². The number of esters is 1. The number of carbonyl (C=O) groups is 2. The first kappa shape index (κ1) is 14.7. The monoisotopic (exact) mass is 254 g/mol. The zero-order valence-corrected chi connectivity index (χ0v) is 11.8. The van der Waals surface area contributed by atoms with E-state index in [2.05, 4.69) is 0 Å². The minimum atomic E-state index is -0.596. The van der Waals surface area contributed by atoms with Gasteiger partial charge in [0.15, 0.2) is 5.76 Å². The molecule has 0 heterocycles. The molecule has 0 bridgehead atoms. The molecule has 0 aromatic rings. The van der Waals surface area contributed by atoms with Crippen molar-refractivity contribution in [2.24, 2.45) is 11.3 Å². The maximum atomic E-state index is 12.2. The minimum Gasteiger partial charge on any atom is -0.490 e. The Morgan fingerprint density at radius 1 is 1.28 bits per heavy atom. The van der Waals surface area contributed by atoms with Gasteiger partial charge < -0.3 is 9.47 Å². The second-order valence-corrected chi connectivity index (χ2v) is 5.06. The van der Waals surface area contributed by atoms with Crippen LogP contribution in [-0.2, 0) is 19.1 Å². The predicted octanol–water partition coefficient (Wildman–Crippen LogP) is 2.48. The second kappa shape index (κ2) is 5.55. The lowest BCUT2D eigenvalue weighted by Crippen LogP contribution is -2.30. The number of carbonyl (C=O) groups excluding carboxylic acids is 2. The van der Waals surface area contributed by atoms with Gasteiger partial charge in [-0.05, 0) is 26.3 Å². The van der Waals surface area contributed by atoms with Crippen LogP contribution in [0.1, 0.15) is 41.0 Å². The SMILES string of the molecule is CCOC(=O)CC1C(C)=C(OCC)C(=O)C1(C)C. The van der Waals surface area contributed by atoms with Crippen molar-refractivity contribution in [3.05, 3.63) is 11.3 Å².